The van der Waals surface area contributed by atoms with E-state index >= 15 is 0 Å². The number of hydrogen-bond donors (Lipinski definition) is 1. The summed E-state index contributed by atoms with van der Waals surface area (Å²) in [6.45, 7) is 47.2. The molecule has 2 aliphatic heterocycles. The molecule has 2 fully saturated rings. The van der Waals surface area contributed by atoms with Crippen LogP contribution in [0.1, 0.15) is 274 Å². The molecule has 0 amide bonds. The molecule has 0 aromatic rings. The Balaban J connectivity index is 2.03. The molecule has 2 heterocycles. The molecule has 424 valence electrons. The summed E-state index contributed by atoms with van der Waals surface area (Å²) in [5.74, 6) is 9.91. The van der Waals surface area contributed by atoms with Crippen molar-refractivity contribution >= 4 is 31.6 Å². The van der Waals surface area contributed by atoms with E-state index in [4.69, 9.17) is 19.7 Å². The molecule has 0 aromatic heterocycles. The van der Waals surface area contributed by atoms with E-state index in [0.717, 1.165) is 44.3 Å². The number of hydrogen-bond acceptors (Lipinski definition) is 5. The van der Waals surface area contributed by atoms with Crippen LogP contribution in [0.3, 0.4) is 0 Å². The van der Waals surface area contributed by atoms with Crippen LogP contribution in [-0.2, 0) is 0 Å². The van der Waals surface area contributed by atoms with E-state index in [1.54, 1.807) is 5.57 Å². The first-order chi connectivity index (χ1) is 34.6. The van der Waals surface area contributed by atoms with Gasteiger partial charge in [-0.15, -0.1) is 0 Å². The monoisotopic (exact) mass is 1060 g/mol. The van der Waals surface area contributed by atoms with Crippen LogP contribution in [0.4, 0.5) is 0 Å². The Kier molecular flexibility index (Phi) is 38.3. The molecule has 2 unspecified atom stereocenters. The summed E-state index contributed by atoms with van der Waals surface area (Å²) >= 11 is 0. The van der Waals surface area contributed by atoms with Gasteiger partial charge in [0, 0.05) is 48.4 Å². The van der Waals surface area contributed by atoms with Crippen LogP contribution in [0.2, 0.25) is 0 Å². The van der Waals surface area contributed by atoms with Gasteiger partial charge < -0.3 is 15.1 Å². The number of nitrogens with zero attached hydrogens (tertiary/aromatic N) is 2. The number of unbranched alkanes of at least 4 members (excludes halogenated alkanes) is 15. The molecule has 0 aromatic carbocycles. The normalized spacial score (nSPS) is 16.6. The summed E-state index contributed by atoms with van der Waals surface area (Å²) in [5.41, 5.74) is 6.07. The van der Waals surface area contributed by atoms with Crippen molar-refractivity contribution in [3.05, 3.63) is 48.9 Å². The third kappa shape index (κ3) is 33.0. The van der Waals surface area contributed by atoms with Crippen molar-refractivity contribution in [1.82, 2.24) is 15.1 Å². The maximum Gasteiger partial charge on any atom is 0.0487 e. The average Bonchev–Trinajstić information content (AvgIpc) is 4.14. The molecule has 3 nitrogen and oxygen atoms in total. The van der Waals surface area contributed by atoms with Gasteiger partial charge in [-0.1, -0.05) is 275 Å². The third-order valence-electron chi connectivity index (χ3n) is 17.1. The van der Waals surface area contributed by atoms with Crippen molar-refractivity contribution in [1.29, 1.82) is 0 Å². The fraction of sp³-hybridized carbons (Fsp3) is 0.879. The zero-order valence-corrected chi connectivity index (χ0v) is 52.7. The Hall–Kier alpha value is -0.430. The first-order valence-electron chi connectivity index (χ1n) is 31.5. The van der Waals surface area contributed by atoms with Crippen molar-refractivity contribution in [3.8, 4) is 0 Å². The largest absolute Gasteiger partial charge is 0.388 e. The van der Waals surface area contributed by atoms with Crippen molar-refractivity contribution in [2.24, 2.45) is 28.6 Å². The number of likely N-dealkylation sites (tertiary alicyclic amines) is 1. The fourth-order valence-electron chi connectivity index (χ4n) is 12.2. The molecule has 2 rings (SSSR count). The molecular weight excluding hydrogens is 931 g/mol. The summed E-state index contributed by atoms with van der Waals surface area (Å²) in [7, 11) is 3.46. The van der Waals surface area contributed by atoms with Crippen molar-refractivity contribution < 1.29 is 0 Å². The molecule has 2 saturated heterocycles. The quantitative estimate of drug-likeness (QED) is 0.0282. The van der Waals surface area contributed by atoms with E-state index < -0.39 is 10.0 Å². The molecule has 1 N–H and O–H groups in total. The zero-order chi connectivity index (χ0) is 52.9. The van der Waals surface area contributed by atoms with Crippen molar-refractivity contribution in [2.45, 2.75) is 274 Å². The maximum atomic E-state index is 4.93. The minimum absolute atomic E-state index is 0.171. The number of nitrogens with one attached hydrogen (secondary N) is 1. The van der Waals surface area contributed by atoms with Gasteiger partial charge in [0.25, 0.3) is 0 Å². The van der Waals surface area contributed by atoms with Crippen LogP contribution in [0.5, 0.6) is 0 Å². The van der Waals surface area contributed by atoms with Crippen LogP contribution in [0.25, 0.3) is 0 Å². The van der Waals surface area contributed by atoms with Crippen LogP contribution >= 0.6 is 31.6 Å². The van der Waals surface area contributed by atoms with Gasteiger partial charge in [0.1, 0.15) is 0 Å². The molecular formula is C66H127N3S3. The highest BCUT2D eigenvalue weighted by Gasteiger charge is 2.41. The first kappa shape index (κ1) is 67.7. The molecule has 0 spiro atoms. The summed E-state index contributed by atoms with van der Waals surface area (Å²) in [4.78, 5) is 5.49. The van der Waals surface area contributed by atoms with E-state index in [-0.39, 0.29) is 10.8 Å². The number of rotatable bonds is 50. The van der Waals surface area contributed by atoms with E-state index in [2.05, 4.69) is 106 Å². The lowest BCUT2D eigenvalue weighted by atomic mass is 9.65. The summed E-state index contributed by atoms with van der Waals surface area (Å²) in [5, 5.41) is 3.64. The highest BCUT2D eigenvalue weighted by atomic mass is 33.1. The lowest BCUT2D eigenvalue weighted by Gasteiger charge is -2.44. The zero-order valence-electron chi connectivity index (χ0n) is 50.3. The topological polar surface area (TPSA) is 18.5 Å². The van der Waals surface area contributed by atoms with Crippen molar-refractivity contribution in [2.75, 3.05) is 67.4 Å². The predicted molar refractivity (Wildman–Crippen MR) is 338 cm³/mol. The van der Waals surface area contributed by atoms with Gasteiger partial charge in [-0.05, 0) is 117 Å². The highest BCUT2D eigenvalue weighted by molar-refractivity contribution is 8.76. The van der Waals surface area contributed by atoms with Gasteiger partial charge in [0.05, 0.1) is 0 Å². The van der Waals surface area contributed by atoms with E-state index in [1.807, 2.05) is 0 Å². The van der Waals surface area contributed by atoms with E-state index in [9.17, 15) is 0 Å². The summed E-state index contributed by atoms with van der Waals surface area (Å²) in [6, 6.07) is 0. The van der Waals surface area contributed by atoms with Crippen LogP contribution in [0.15, 0.2) is 48.9 Å². The highest BCUT2D eigenvalue weighted by Crippen LogP contribution is 2.63. The van der Waals surface area contributed by atoms with E-state index in [0.29, 0.717) is 5.92 Å². The Morgan fingerprint density at radius 3 is 1.64 bits per heavy atom. The molecule has 2 atom stereocenters. The standard InChI is InChI=1S/C66H127N3S3/c1-14-18-21-24-27-32-41-63(17-4)52-58(5)54-72(50-51-72)57-69(61(8)40-38-49-71-70-48-37-39-60(7)67-44-47-68-45-35-30-31-36-46-68)56-65(10,11)55-66(12,13)62(9)59(6)53-64(42-33-28-25-22-19-15-2)43-34-29-26-23-20-16-3/h62-64,67H,5-8,14-57H2,1-4,9-13H3. The molecule has 0 radical (unpaired) electrons. The second-order valence-electron chi connectivity index (χ2n) is 25.5. The van der Waals surface area contributed by atoms with Gasteiger partial charge in [-0.25, -0.2) is 10.0 Å². The second kappa shape index (κ2) is 40.7. The van der Waals surface area contributed by atoms with Gasteiger partial charge in [0.2, 0.25) is 0 Å². The first-order valence-corrected chi connectivity index (χ1v) is 36.3. The van der Waals surface area contributed by atoms with Crippen LogP contribution in [0, 0.1) is 28.6 Å². The Morgan fingerprint density at radius 1 is 0.625 bits per heavy atom. The SMILES string of the molecule is C=C(CC(CC)CCCCCCCC)CS1(CN(CC(C)(C)CC(C)(C)C(C)C(=C)CC(CCCCCCCC)CCCCCCCC)C(=C)CCCSSCCCC(=C)NCCN2CCCCCC2)CC1. The molecule has 0 saturated carbocycles. The van der Waals surface area contributed by atoms with Gasteiger partial charge in [-0.3, -0.25) is 0 Å². The minimum Gasteiger partial charge on any atom is -0.388 e. The Morgan fingerprint density at radius 2 is 1.12 bits per heavy atom. The summed E-state index contributed by atoms with van der Waals surface area (Å²) in [6.07, 6.45) is 44.5. The molecule has 2 aliphatic rings. The van der Waals surface area contributed by atoms with Gasteiger partial charge in [-0.2, -0.15) is 0 Å². The van der Waals surface area contributed by atoms with Crippen LogP contribution in [-0.4, -0.2) is 77.2 Å². The predicted octanol–water partition coefficient (Wildman–Crippen LogP) is 21.4. The fourth-order valence-corrected chi connectivity index (χ4v) is 17.9. The molecule has 0 aliphatic carbocycles. The van der Waals surface area contributed by atoms with Gasteiger partial charge >= 0.3 is 0 Å². The van der Waals surface area contributed by atoms with Crippen molar-refractivity contribution in [3.63, 3.8) is 0 Å². The average molecular weight is 1060 g/mol. The molecule has 0 bridgehead atoms. The Bertz CT molecular complexity index is 1380. The summed E-state index contributed by atoms with van der Waals surface area (Å²) < 4.78 is 0. The van der Waals surface area contributed by atoms with Crippen LogP contribution < -0.4 is 5.32 Å². The maximum absolute atomic E-state index is 4.93. The molecule has 72 heavy (non-hydrogen) atoms. The minimum atomic E-state index is -0.691. The van der Waals surface area contributed by atoms with Gasteiger partial charge in [0.15, 0.2) is 0 Å². The second-order valence-corrected chi connectivity index (χ2v) is 32.0. The third-order valence-corrected chi connectivity index (χ3v) is 23.1. The Labute approximate surface area is 462 Å². The van der Waals surface area contributed by atoms with E-state index in [1.165, 1.54) is 264 Å². The lowest BCUT2D eigenvalue weighted by molar-refractivity contribution is 0.116. The lowest BCUT2D eigenvalue weighted by Crippen LogP contribution is -2.39. The smallest absolute Gasteiger partial charge is 0.0487 e. The molecule has 6 heteroatoms. The number of allylic oxidation sites excluding steroid dienone is 3.